The van der Waals surface area contributed by atoms with Crippen LogP contribution in [0.3, 0.4) is 0 Å². The summed E-state index contributed by atoms with van der Waals surface area (Å²) in [6.45, 7) is 7.76. The number of aromatic nitrogens is 3. The number of amides is 1. The second kappa shape index (κ2) is 9.09. The molecule has 1 aromatic carbocycles. The van der Waals surface area contributed by atoms with E-state index in [1.165, 1.54) is 11.8 Å². The van der Waals surface area contributed by atoms with Gasteiger partial charge >= 0.3 is 0 Å². The van der Waals surface area contributed by atoms with Crippen molar-refractivity contribution < 1.29 is 14.3 Å². The van der Waals surface area contributed by atoms with Crippen LogP contribution < -0.4 is 15.0 Å². The molecule has 0 aliphatic carbocycles. The molecule has 2 heterocycles. The zero-order valence-corrected chi connectivity index (χ0v) is 16.7. The number of carbonyl (C=O) groups excluding carboxylic acids is 1. The molecule has 0 unspecified atom stereocenters. The van der Waals surface area contributed by atoms with Crippen molar-refractivity contribution >= 4 is 29.3 Å². The number of thioether (sulfide) groups is 1. The second-order valence-corrected chi connectivity index (χ2v) is 7.11. The minimum Gasteiger partial charge on any atom is -0.495 e. The Kier molecular flexibility index (Phi) is 6.57. The Hall–Kier alpha value is -2.26. The van der Waals surface area contributed by atoms with Crippen LogP contribution >= 0.6 is 11.8 Å². The molecule has 0 atom stereocenters. The highest BCUT2D eigenvalue weighted by Gasteiger charge is 2.20. The molecule has 9 heteroatoms. The lowest BCUT2D eigenvalue weighted by Gasteiger charge is -2.27. The Morgan fingerprint density at radius 3 is 2.81 bits per heavy atom. The highest BCUT2D eigenvalue weighted by atomic mass is 32.2. The molecule has 3 rings (SSSR count). The van der Waals surface area contributed by atoms with Gasteiger partial charge in [-0.25, -0.2) is 0 Å². The van der Waals surface area contributed by atoms with Gasteiger partial charge < -0.3 is 19.7 Å². The van der Waals surface area contributed by atoms with E-state index in [0.717, 1.165) is 36.3 Å². The van der Waals surface area contributed by atoms with Gasteiger partial charge in [0.05, 0.1) is 31.8 Å². The summed E-state index contributed by atoms with van der Waals surface area (Å²) >= 11 is 1.38. The fourth-order valence-electron chi connectivity index (χ4n) is 2.90. The Morgan fingerprint density at radius 1 is 1.33 bits per heavy atom. The quantitative estimate of drug-likeness (QED) is 0.725. The molecule has 0 spiro atoms. The molecule has 1 aliphatic heterocycles. The summed E-state index contributed by atoms with van der Waals surface area (Å²) in [5, 5.41) is 12.3. The van der Waals surface area contributed by atoms with Crippen molar-refractivity contribution in [1.82, 2.24) is 14.8 Å². The fourth-order valence-corrected chi connectivity index (χ4v) is 3.70. The van der Waals surface area contributed by atoms with E-state index in [0.29, 0.717) is 24.7 Å². The maximum atomic E-state index is 12.4. The number of carbonyl (C=O) groups is 1. The topological polar surface area (TPSA) is 81.5 Å². The first-order valence-corrected chi connectivity index (χ1v) is 9.94. The predicted molar refractivity (Wildman–Crippen MR) is 106 cm³/mol. The molecule has 1 fully saturated rings. The molecule has 0 bridgehead atoms. The minimum atomic E-state index is -0.109. The van der Waals surface area contributed by atoms with Gasteiger partial charge in [0.1, 0.15) is 5.75 Å². The van der Waals surface area contributed by atoms with Crippen molar-refractivity contribution in [3.8, 4) is 5.75 Å². The largest absolute Gasteiger partial charge is 0.495 e. The Morgan fingerprint density at radius 2 is 2.11 bits per heavy atom. The number of nitrogens with zero attached hydrogens (tertiary/aromatic N) is 4. The van der Waals surface area contributed by atoms with Gasteiger partial charge in [0.25, 0.3) is 0 Å². The summed E-state index contributed by atoms with van der Waals surface area (Å²) in [6.07, 6.45) is 0. The van der Waals surface area contributed by atoms with E-state index in [1.54, 1.807) is 7.11 Å². The van der Waals surface area contributed by atoms with E-state index in [2.05, 4.69) is 27.3 Å². The number of ether oxygens (including phenoxy) is 2. The van der Waals surface area contributed by atoms with Crippen molar-refractivity contribution in [1.29, 1.82) is 0 Å². The van der Waals surface area contributed by atoms with E-state index in [1.807, 2.05) is 29.7 Å². The third-order valence-electron chi connectivity index (χ3n) is 4.27. The Bertz CT molecular complexity index is 789. The zero-order chi connectivity index (χ0) is 19.2. The molecule has 1 N–H and O–H groups in total. The maximum absolute atomic E-state index is 12.4. The summed E-state index contributed by atoms with van der Waals surface area (Å²) in [7, 11) is 1.59. The average molecular weight is 391 g/mol. The van der Waals surface area contributed by atoms with Crippen LogP contribution in [0.5, 0.6) is 5.75 Å². The number of nitrogens with one attached hydrogen (secondary N) is 1. The second-order valence-electron chi connectivity index (χ2n) is 6.17. The first kappa shape index (κ1) is 19.5. The van der Waals surface area contributed by atoms with E-state index >= 15 is 0 Å². The van der Waals surface area contributed by atoms with Crippen LogP contribution in [0.15, 0.2) is 23.4 Å². The number of anilines is 2. The van der Waals surface area contributed by atoms with Crippen molar-refractivity contribution in [2.45, 2.75) is 25.5 Å². The summed E-state index contributed by atoms with van der Waals surface area (Å²) in [6, 6.07) is 5.69. The number of aryl methyl sites for hydroxylation is 1. The SMILES string of the molecule is CCn1c(SCC(=O)Nc2cc(C)ccc2OC)nnc1N1CCOCC1. The van der Waals surface area contributed by atoms with Gasteiger partial charge in [-0.15, -0.1) is 10.2 Å². The third-order valence-corrected chi connectivity index (χ3v) is 5.24. The van der Waals surface area contributed by atoms with Crippen molar-refractivity contribution in [3.63, 3.8) is 0 Å². The molecule has 1 saturated heterocycles. The molecule has 1 aliphatic rings. The molecule has 0 saturated carbocycles. The number of hydrogen-bond acceptors (Lipinski definition) is 7. The standard InChI is InChI=1S/C18H25N5O3S/c1-4-23-17(22-7-9-26-10-8-22)20-21-18(23)27-12-16(24)19-14-11-13(2)5-6-15(14)25-3/h5-6,11H,4,7-10,12H2,1-3H3,(H,19,24). The average Bonchev–Trinajstić information content (AvgIpc) is 3.10. The first-order valence-electron chi connectivity index (χ1n) is 8.95. The van der Waals surface area contributed by atoms with E-state index < -0.39 is 0 Å². The number of methoxy groups -OCH3 is 1. The number of rotatable bonds is 7. The number of hydrogen-bond donors (Lipinski definition) is 1. The zero-order valence-electron chi connectivity index (χ0n) is 15.9. The number of morpholine rings is 1. The maximum Gasteiger partial charge on any atom is 0.234 e. The van der Waals surface area contributed by atoms with Crippen LogP contribution in [0.4, 0.5) is 11.6 Å². The summed E-state index contributed by atoms with van der Waals surface area (Å²) in [4.78, 5) is 14.6. The van der Waals surface area contributed by atoms with Gasteiger partial charge in [0.15, 0.2) is 5.16 Å². The normalized spacial score (nSPS) is 14.3. The van der Waals surface area contributed by atoms with Crippen LogP contribution in [0.25, 0.3) is 0 Å². The molecule has 2 aromatic rings. The highest BCUT2D eigenvalue weighted by Crippen LogP contribution is 2.26. The molecule has 1 aromatic heterocycles. The van der Waals surface area contributed by atoms with Crippen LogP contribution in [0, 0.1) is 6.92 Å². The van der Waals surface area contributed by atoms with Crippen LogP contribution in [-0.2, 0) is 16.1 Å². The van der Waals surface area contributed by atoms with Crippen LogP contribution in [-0.4, -0.2) is 59.8 Å². The smallest absolute Gasteiger partial charge is 0.234 e. The van der Waals surface area contributed by atoms with Crippen molar-refractivity contribution in [2.75, 3.05) is 49.4 Å². The molecular formula is C18H25N5O3S. The molecule has 1 amide bonds. The Labute approximate surface area is 163 Å². The van der Waals surface area contributed by atoms with Gasteiger partial charge in [-0.3, -0.25) is 9.36 Å². The summed E-state index contributed by atoms with van der Waals surface area (Å²) in [5.41, 5.74) is 1.73. The van der Waals surface area contributed by atoms with Gasteiger partial charge in [0, 0.05) is 19.6 Å². The van der Waals surface area contributed by atoms with E-state index in [4.69, 9.17) is 9.47 Å². The third kappa shape index (κ3) is 4.72. The van der Waals surface area contributed by atoms with Crippen LogP contribution in [0.1, 0.15) is 12.5 Å². The van der Waals surface area contributed by atoms with Gasteiger partial charge in [-0.2, -0.15) is 0 Å². The first-order chi connectivity index (χ1) is 13.1. The molecule has 8 nitrogen and oxygen atoms in total. The highest BCUT2D eigenvalue weighted by molar-refractivity contribution is 7.99. The molecular weight excluding hydrogens is 366 g/mol. The van der Waals surface area contributed by atoms with E-state index in [-0.39, 0.29) is 11.7 Å². The lowest BCUT2D eigenvalue weighted by Crippen LogP contribution is -2.38. The van der Waals surface area contributed by atoms with Crippen molar-refractivity contribution in [2.24, 2.45) is 0 Å². The van der Waals surface area contributed by atoms with Crippen molar-refractivity contribution in [3.05, 3.63) is 23.8 Å². The Balaban J connectivity index is 1.64. The lowest BCUT2D eigenvalue weighted by molar-refractivity contribution is -0.113. The molecule has 27 heavy (non-hydrogen) atoms. The predicted octanol–water partition coefficient (Wildman–Crippen LogP) is 2.18. The van der Waals surface area contributed by atoms with Gasteiger partial charge in [-0.05, 0) is 31.5 Å². The van der Waals surface area contributed by atoms with E-state index in [9.17, 15) is 4.79 Å². The van der Waals surface area contributed by atoms with Gasteiger partial charge in [0.2, 0.25) is 11.9 Å². The number of benzene rings is 1. The lowest BCUT2D eigenvalue weighted by atomic mass is 10.2. The monoisotopic (exact) mass is 391 g/mol. The summed E-state index contributed by atoms with van der Waals surface area (Å²) in [5.74, 6) is 1.62. The fraction of sp³-hybridized carbons (Fsp3) is 0.500. The van der Waals surface area contributed by atoms with Gasteiger partial charge in [-0.1, -0.05) is 17.8 Å². The molecule has 146 valence electrons. The summed E-state index contributed by atoms with van der Waals surface area (Å²) < 4.78 is 12.7. The molecule has 0 radical (unpaired) electrons. The minimum absolute atomic E-state index is 0.109. The van der Waals surface area contributed by atoms with Crippen LogP contribution in [0.2, 0.25) is 0 Å².